The molecule has 0 aromatic carbocycles. The molecule has 1 aliphatic heterocycles. The predicted molar refractivity (Wildman–Crippen MR) is 55.1 cm³/mol. The van der Waals surface area contributed by atoms with E-state index in [-0.39, 0.29) is 0 Å². The zero-order chi connectivity index (χ0) is 9.10. The number of aryl methyl sites for hydroxylation is 1. The standard InChI is InChI=1S/C10H15NOS/c1-8-2-3-10(13-8)6-11-9-4-5-12-7-9/h2-3,9,11H,4-7H2,1H3. The zero-order valence-electron chi connectivity index (χ0n) is 7.88. The smallest absolute Gasteiger partial charge is 0.0620 e. The zero-order valence-corrected chi connectivity index (χ0v) is 8.69. The Labute approximate surface area is 82.9 Å². The minimum Gasteiger partial charge on any atom is -0.380 e. The maximum absolute atomic E-state index is 5.29. The highest BCUT2D eigenvalue weighted by Gasteiger charge is 2.14. The highest BCUT2D eigenvalue weighted by atomic mass is 32.1. The summed E-state index contributed by atoms with van der Waals surface area (Å²) in [7, 11) is 0. The van der Waals surface area contributed by atoms with E-state index in [1.165, 1.54) is 9.75 Å². The van der Waals surface area contributed by atoms with E-state index in [0.717, 1.165) is 26.2 Å². The van der Waals surface area contributed by atoms with Crippen LogP contribution in [0.15, 0.2) is 12.1 Å². The molecule has 13 heavy (non-hydrogen) atoms. The van der Waals surface area contributed by atoms with Gasteiger partial charge in [0.25, 0.3) is 0 Å². The average molecular weight is 197 g/mol. The van der Waals surface area contributed by atoms with Crippen molar-refractivity contribution in [3.8, 4) is 0 Å². The number of rotatable bonds is 3. The van der Waals surface area contributed by atoms with Crippen LogP contribution in [0.25, 0.3) is 0 Å². The Bertz CT molecular complexity index is 266. The van der Waals surface area contributed by atoms with Crippen LogP contribution in [0, 0.1) is 6.92 Å². The molecule has 0 amide bonds. The van der Waals surface area contributed by atoms with Gasteiger partial charge >= 0.3 is 0 Å². The largest absolute Gasteiger partial charge is 0.380 e. The molecule has 1 fully saturated rings. The fraction of sp³-hybridized carbons (Fsp3) is 0.600. The van der Waals surface area contributed by atoms with Crippen molar-refractivity contribution in [2.75, 3.05) is 13.2 Å². The first-order valence-corrected chi connectivity index (χ1v) is 5.53. The van der Waals surface area contributed by atoms with Crippen molar-refractivity contribution in [2.24, 2.45) is 0 Å². The van der Waals surface area contributed by atoms with Gasteiger partial charge in [-0.2, -0.15) is 0 Å². The van der Waals surface area contributed by atoms with Gasteiger partial charge in [-0.05, 0) is 25.5 Å². The third kappa shape index (κ3) is 2.53. The van der Waals surface area contributed by atoms with Crippen LogP contribution in [0.5, 0.6) is 0 Å². The van der Waals surface area contributed by atoms with Gasteiger partial charge in [-0.1, -0.05) is 0 Å². The van der Waals surface area contributed by atoms with E-state index < -0.39 is 0 Å². The lowest BCUT2D eigenvalue weighted by Crippen LogP contribution is -2.28. The van der Waals surface area contributed by atoms with Crippen molar-refractivity contribution >= 4 is 11.3 Å². The minimum absolute atomic E-state index is 0.572. The lowest BCUT2D eigenvalue weighted by Gasteiger charge is -2.08. The first-order valence-electron chi connectivity index (χ1n) is 4.71. The second-order valence-corrected chi connectivity index (χ2v) is 4.83. The number of thiophene rings is 1. The van der Waals surface area contributed by atoms with Crippen LogP contribution in [-0.2, 0) is 11.3 Å². The van der Waals surface area contributed by atoms with Crippen molar-refractivity contribution in [1.29, 1.82) is 0 Å². The second kappa shape index (κ2) is 4.22. The molecule has 0 aliphatic carbocycles. The van der Waals surface area contributed by atoms with Crippen LogP contribution < -0.4 is 5.32 Å². The molecule has 1 aliphatic rings. The molecule has 1 saturated heterocycles. The third-order valence-corrected chi connectivity index (χ3v) is 3.29. The third-order valence-electron chi connectivity index (χ3n) is 2.29. The second-order valence-electron chi connectivity index (χ2n) is 3.45. The molecule has 1 atom stereocenters. The van der Waals surface area contributed by atoms with Gasteiger partial charge in [0.2, 0.25) is 0 Å². The Morgan fingerprint density at radius 3 is 3.15 bits per heavy atom. The van der Waals surface area contributed by atoms with E-state index in [1.807, 2.05) is 11.3 Å². The molecule has 1 N–H and O–H groups in total. The van der Waals surface area contributed by atoms with E-state index in [4.69, 9.17) is 4.74 Å². The lowest BCUT2D eigenvalue weighted by atomic mass is 10.2. The van der Waals surface area contributed by atoms with Gasteiger partial charge in [-0.15, -0.1) is 11.3 Å². The molecular formula is C10H15NOS. The van der Waals surface area contributed by atoms with Gasteiger partial charge in [0.1, 0.15) is 0 Å². The molecule has 0 radical (unpaired) electrons. The maximum atomic E-state index is 5.29. The number of hydrogen-bond acceptors (Lipinski definition) is 3. The Balaban J connectivity index is 1.78. The van der Waals surface area contributed by atoms with Gasteiger partial charge in [0, 0.05) is 28.9 Å². The summed E-state index contributed by atoms with van der Waals surface area (Å²) in [4.78, 5) is 2.81. The molecular weight excluding hydrogens is 182 g/mol. The molecule has 0 saturated carbocycles. The van der Waals surface area contributed by atoms with E-state index in [9.17, 15) is 0 Å². The molecule has 2 heterocycles. The fourth-order valence-corrected chi connectivity index (χ4v) is 2.36. The van der Waals surface area contributed by atoms with Crippen LogP contribution in [0.3, 0.4) is 0 Å². The normalized spacial score (nSPS) is 22.4. The quantitative estimate of drug-likeness (QED) is 0.799. The van der Waals surface area contributed by atoms with Gasteiger partial charge in [0.15, 0.2) is 0 Å². The van der Waals surface area contributed by atoms with E-state index in [0.29, 0.717) is 6.04 Å². The summed E-state index contributed by atoms with van der Waals surface area (Å²) in [5, 5.41) is 3.50. The molecule has 2 nitrogen and oxygen atoms in total. The summed E-state index contributed by atoms with van der Waals surface area (Å²) < 4.78 is 5.29. The first-order chi connectivity index (χ1) is 6.34. The van der Waals surface area contributed by atoms with Crippen LogP contribution in [0.1, 0.15) is 16.2 Å². The monoisotopic (exact) mass is 197 g/mol. The Morgan fingerprint density at radius 2 is 2.54 bits per heavy atom. The molecule has 1 aromatic heterocycles. The van der Waals surface area contributed by atoms with E-state index >= 15 is 0 Å². The highest BCUT2D eigenvalue weighted by molar-refractivity contribution is 7.11. The summed E-state index contributed by atoms with van der Waals surface area (Å²) in [6.07, 6.45) is 1.16. The SMILES string of the molecule is Cc1ccc(CNC2CCOC2)s1. The molecule has 72 valence electrons. The molecule has 1 unspecified atom stereocenters. The van der Waals surface area contributed by atoms with Crippen molar-refractivity contribution < 1.29 is 4.74 Å². The Morgan fingerprint density at radius 1 is 1.62 bits per heavy atom. The molecule has 0 bridgehead atoms. The maximum Gasteiger partial charge on any atom is 0.0620 e. The van der Waals surface area contributed by atoms with Gasteiger partial charge in [-0.25, -0.2) is 0 Å². The number of ether oxygens (including phenoxy) is 1. The van der Waals surface area contributed by atoms with Crippen LogP contribution in [0.2, 0.25) is 0 Å². The summed E-state index contributed by atoms with van der Waals surface area (Å²) in [5.74, 6) is 0. The minimum atomic E-state index is 0.572. The Hall–Kier alpha value is -0.380. The Kier molecular flexibility index (Phi) is 2.98. The number of nitrogens with one attached hydrogen (secondary N) is 1. The summed E-state index contributed by atoms with van der Waals surface area (Å²) in [6, 6.07) is 4.94. The van der Waals surface area contributed by atoms with Crippen molar-refractivity contribution in [2.45, 2.75) is 25.9 Å². The summed E-state index contributed by atoms with van der Waals surface area (Å²) in [6.45, 7) is 4.94. The summed E-state index contributed by atoms with van der Waals surface area (Å²) >= 11 is 1.87. The predicted octanol–water partition coefficient (Wildman–Crippen LogP) is 1.94. The van der Waals surface area contributed by atoms with Gasteiger partial charge in [0.05, 0.1) is 6.61 Å². The first kappa shape index (κ1) is 9.19. The fourth-order valence-electron chi connectivity index (χ4n) is 1.52. The highest BCUT2D eigenvalue weighted by Crippen LogP contribution is 2.15. The molecule has 1 aromatic rings. The van der Waals surface area contributed by atoms with Crippen molar-refractivity contribution in [3.63, 3.8) is 0 Å². The molecule has 3 heteroatoms. The topological polar surface area (TPSA) is 21.3 Å². The number of hydrogen-bond donors (Lipinski definition) is 1. The van der Waals surface area contributed by atoms with E-state index in [1.54, 1.807) is 0 Å². The van der Waals surface area contributed by atoms with Crippen molar-refractivity contribution in [1.82, 2.24) is 5.32 Å². The van der Waals surface area contributed by atoms with Crippen molar-refractivity contribution in [3.05, 3.63) is 21.9 Å². The van der Waals surface area contributed by atoms with E-state index in [2.05, 4.69) is 24.4 Å². The lowest BCUT2D eigenvalue weighted by molar-refractivity contribution is 0.190. The van der Waals surface area contributed by atoms with Crippen LogP contribution in [0.4, 0.5) is 0 Å². The van der Waals surface area contributed by atoms with Gasteiger partial charge < -0.3 is 10.1 Å². The summed E-state index contributed by atoms with van der Waals surface area (Å²) in [5.41, 5.74) is 0. The molecule has 2 rings (SSSR count). The molecule has 0 spiro atoms. The van der Waals surface area contributed by atoms with Gasteiger partial charge in [-0.3, -0.25) is 0 Å². The average Bonchev–Trinajstić information content (AvgIpc) is 2.71. The van der Waals surface area contributed by atoms with Crippen LogP contribution >= 0.6 is 11.3 Å². The van der Waals surface area contributed by atoms with Crippen LogP contribution in [-0.4, -0.2) is 19.3 Å².